The van der Waals surface area contributed by atoms with Gasteiger partial charge in [-0.2, -0.15) is 0 Å². The highest BCUT2D eigenvalue weighted by atomic mass is 35.5. The molecule has 1 radical (unpaired) electrons. The SMILES string of the molecule is Cl.NCC1[CH]c2c(F)cc(O)cc2C1. The summed E-state index contributed by atoms with van der Waals surface area (Å²) in [5, 5.41) is 9.15. The zero-order valence-corrected chi connectivity index (χ0v) is 8.35. The van der Waals surface area contributed by atoms with E-state index >= 15 is 0 Å². The Morgan fingerprint density at radius 3 is 2.86 bits per heavy atom. The smallest absolute Gasteiger partial charge is 0.130 e. The predicted octanol–water partition coefficient (Wildman–Crippen LogP) is 1.64. The van der Waals surface area contributed by atoms with Crippen LogP contribution >= 0.6 is 12.4 Å². The normalized spacial score (nSPS) is 18.9. The van der Waals surface area contributed by atoms with Gasteiger partial charge in [-0.25, -0.2) is 4.39 Å². The molecule has 0 saturated heterocycles. The van der Waals surface area contributed by atoms with Gasteiger partial charge in [-0.15, -0.1) is 12.4 Å². The first-order valence-corrected chi connectivity index (χ1v) is 4.27. The first-order valence-electron chi connectivity index (χ1n) is 4.27. The van der Waals surface area contributed by atoms with Crippen LogP contribution in [-0.4, -0.2) is 11.7 Å². The summed E-state index contributed by atoms with van der Waals surface area (Å²) in [4.78, 5) is 0. The fourth-order valence-corrected chi connectivity index (χ4v) is 1.74. The largest absolute Gasteiger partial charge is 0.508 e. The van der Waals surface area contributed by atoms with E-state index in [9.17, 15) is 4.39 Å². The quantitative estimate of drug-likeness (QED) is 0.750. The zero-order chi connectivity index (χ0) is 9.42. The second kappa shape index (κ2) is 4.15. The van der Waals surface area contributed by atoms with Crippen LogP contribution in [0.15, 0.2) is 12.1 Å². The Balaban J connectivity index is 0.000000980. The summed E-state index contributed by atoms with van der Waals surface area (Å²) in [5.41, 5.74) is 6.94. The fourth-order valence-electron chi connectivity index (χ4n) is 1.74. The molecule has 1 aromatic carbocycles. The number of hydrogen-bond donors (Lipinski definition) is 2. The number of phenolic OH excluding ortho intramolecular Hbond substituents is 1. The van der Waals surface area contributed by atoms with Crippen molar-refractivity contribution in [2.24, 2.45) is 11.7 Å². The van der Waals surface area contributed by atoms with Gasteiger partial charge in [0.25, 0.3) is 0 Å². The third-order valence-corrected chi connectivity index (χ3v) is 2.39. The molecular formula is C10H12ClFNO. The molecule has 0 saturated carbocycles. The molecule has 1 unspecified atom stereocenters. The summed E-state index contributed by atoms with van der Waals surface area (Å²) in [6.07, 6.45) is 2.57. The number of phenols is 1. The molecule has 3 N–H and O–H groups in total. The van der Waals surface area contributed by atoms with Gasteiger partial charge in [0, 0.05) is 6.07 Å². The maximum absolute atomic E-state index is 13.2. The monoisotopic (exact) mass is 216 g/mol. The Morgan fingerprint density at radius 2 is 2.21 bits per heavy atom. The standard InChI is InChI=1S/C10H11FNO.ClH/c11-10-4-8(13)3-7-1-6(5-12)2-9(7)10;/h2-4,6,13H,1,5,12H2;1H. The third-order valence-electron chi connectivity index (χ3n) is 2.39. The number of benzene rings is 1. The van der Waals surface area contributed by atoms with Crippen molar-refractivity contribution in [1.29, 1.82) is 0 Å². The van der Waals surface area contributed by atoms with Gasteiger partial charge in [-0.05, 0) is 42.5 Å². The van der Waals surface area contributed by atoms with Gasteiger partial charge in [0.1, 0.15) is 11.6 Å². The molecule has 0 bridgehead atoms. The summed E-state index contributed by atoms with van der Waals surface area (Å²) in [5.74, 6) is -0.153. The molecule has 1 aliphatic carbocycles. The number of aromatic hydroxyl groups is 1. The van der Waals surface area contributed by atoms with Crippen molar-refractivity contribution in [3.05, 3.63) is 35.5 Å². The molecule has 0 fully saturated rings. The average molecular weight is 217 g/mol. The van der Waals surface area contributed by atoms with E-state index in [0.717, 1.165) is 18.1 Å². The van der Waals surface area contributed by atoms with E-state index in [4.69, 9.17) is 10.8 Å². The second-order valence-corrected chi connectivity index (χ2v) is 3.37. The van der Waals surface area contributed by atoms with Crippen molar-refractivity contribution in [3.63, 3.8) is 0 Å². The Bertz CT molecular complexity index is 343. The molecule has 2 rings (SSSR count). The van der Waals surface area contributed by atoms with Crippen molar-refractivity contribution in [1.82, 2.24) is 0 Å². The van der Waals surface area contributed by atoms with Crippen LogP contribution in [-0.2, 0) is 6.42 Å². The predicted molar refractivity (Wildman–Crippen MR) is 55.0 cm³/mol. The minimum absolute atomic E-state index is 0. The number of rotatable bonds is 1. The molecule has 0 heterocycles. The maximum Gasteiger partial charge on any atom is 0.130 e. The van der Waals surface area contributed by atoms with E-state index < -0.39 is 0 Å². The Morgan fingerprint density at radius 1 is 1.50 bits per heavy atom. The van der Waals surface area contributed by atoms with Gasteiger partial charge in [-0.3, -0.25) is 0 Å². The van der Waals surface area contributed by atoms with Crippen molar-refractivity contribution in [2.75, 3.05) is 6.54 Å². The molecule has 0 aliphatic heterocycles. The van der Waals surface area contributed by atoms with Crippen LogP contribution in [0.2, 0.25) is 0 Å². The van der Waals surface area contributed by atoms with Crippen molar-refractivity contribution >= 4 is 12.4 Å². The van der Waals surface area contributed by atoms with Gasteiger partial charge >= 0.3 is 0 Å². The van der Waals surface area contributed by atoms with Crippen molar-refractivity contribution in [3.8, 4) is 5.75 Å². The van der Waals surface area contributed by atoms with E-state index in [1.165, 1.54) is 0 Å². The highest BCUT2D eigenvalue weighted by Crippen LogP contribution is 2.32. The fraction of sp³-hybridized carbons (Fsp3) is 0.300. The van der Waals surface area contributed by atoms with E-state index in [2.05, 4.69) is 0 Å². The van der Waals surface area contributed by atoms with E-state index in [1.54, 1.807) is 6.07 Å². The summed E-state index contributed by atoms with van der Waals surface area (Å²) in [6, 6.07) is 2.73. The summed E-state index contributed by atoms with van der Waals surface area (Å²) in [7, 11) is 0. The Hall–Kier alpha value is -0.800. The highest BCUT2D eigenvalue weighted by molar-refractivity contribution is 5.85. The first kappa shape index (κ1) is 11.3. The van der Waals surface area contributed by atoms with Crippen molar-refractivity contribution in [2.45, 2.75) is 6.42 Å². The summed E-state index contributed by atoms with van der Waals surface area (Å²) in [6.45, 7) is 0.523. The minimum atomic E-state index is -0.356. The molecule has 14 heavy (non-hydrogen) atoms. The number of nitrogens with two attached hydrogens (primary N) is 1. The maximum atomic E-state index is 13.2. The van der Waals surface area contributed by atoms with Crippen LogP contribution in [0, 0.1) is 18.2 Å². The van der Waals surface area contributed by atoms with Gasteiger partial charge in [-0.1, -0.05) is 0 Å². The molecule has 0 aromatic heterocycles. The van der Waals surface area contributed by atoms with E-state index in [0.29, 0.717) is 12.1 Å². The zero-order valence-electron chi connectivity index (χ0n) is 7.53. The first-order chi connectivity index (χ1) is 6.20. The highest BCUT2D eigenvalue weighted by Gasteiger charge is 2.24. The number of halogens is 2. The molecule has 1 atom stereocenters. The summed E-state index contributed by atoms with van der Waals surface area (Å²) < 4.78 is 13.2. The summed E-state index contributed by atoms with van der Waals surface area (Å²) >= 11 is 0. The van der Waals surface area contributed by atoms with Gasteiger partial charge in [0.15, 0.2) is 0 Å². The van der Waals surface area contributed by atoms with E-state index in [1.807, 2.05) is 6.42 Å². The van der Waals surface area contributed by atoms with Crippen LogP contribution in [0.1, 0.15) is 11.1 Å². The Kier molecular flexibility index (Phi) is 3.34. The lowest BCUT2D eigenvalue weighted by atomic mass is 10.1. The number of hydrogen-bond acceptors (Lipinski definition) is 2. The molecule has 77 valence electrons. The van der Waals surface area contributed by atoms with Gasteiger partial charge < -0.3 is 10.8 Å². The minimum Gasteiger partial charge on any atom is -0.508 e. The molecule has 2 nitrogen and oxygen atoms in total. The Labute approximate surface area is 88.3 Å². The van der Waals surface area contributed by atoms with Crippen molar-refractivity contribution < 1.29 is 9.50 Å². The lowest BCUT2D eigenvalue weighted by Crippen LogP contribution is -2.12. The lowest BCUT2D eigenvalue weighted by molar-refractivity contribution is 0.468. The second-order valence-electron chi connectivity index (χ2n) is 3.37. The van der Waals surface area contributed by atoms with Crippen LogP contribution < -0.4 is 5.73 Å². The lowest BCUT2D eigenvalue weighted by Gasteiger charge is -2.01. The molecular weight excluding hydrogens is 205 g/mol. The molecule has 1 aromatic rings. The number of fused-ring (bicyclic) bond motifs is 1. The third kappa shape index (κ3) is 1.83. The molecule has 1 aliphatic rings. The van der Waals surface area contributed by atoms with Gasteiger partial charge in [0.05, 0.1) is 0 Å². The molecule has 4 heteroatoms. The topological polar surface area (TPSA) is 46.2 Å². The average Bonchev–Trinajstić information content (AvgIpc) is 2.47. The van der Waals surface area contributed by atoms with Crippen LogP contribution in [0.5, 0.6) is 5.75 Å². The molecule has 0 amide bonds. The van der Waals surface area contributed by atoms with Crippen LogP contribution in [0.4, 0.5) is 4.39 Å². The van der Waals surface area contributed by atoms with Crippen LogP contribution in [0.3, 0.4) is 0 Å². The van der Waals surface area contributed by atoms with E-state index in [-0.39, 0.29) is 29.9 Å². The van der Waals surface area contributed by atoms with Crippen LogP contribution in [0.25, 0.3) is 0 Å². The van der Waals surface area contributed by atoms with Gasteiger partial charge in [0.2, 0.25) is 0 Å². The molecule has 0 spiro atoms.